The van der Waals surface area contributed by atoms with Crippen molar-refractivity contribution >= 4 is 29.9 Å². The molecule has 128 valence electrons. The Hall–Kier alpha value is -0.850. The highest BCUT2D eigenvalue weighted by atomic mass is 127. The zero-order valence-electron chi connectivity index (χ0n) is 13.8. The number of likely N-dealkylation sites (tertiary alicyclic amines) is 1. The molecule has 0 spiro atoms. The molecule has 1 aliphatic carbocycles. The van der Waals surface area contributed by atoms with Crippen LogP contribution in [0, 0.1) is 11.7 Å². The van der Waals surface area contributed by atoms with Crippen LogP contribution < -0.4 is 5.73 Å². The summed E-state index contributed by atoms with van der Waals surface area (Å²) in [5.74, 6) is 1.30. The maximum Gasteiger partial charge on any atom is 0.191 e. The van der Waals surface area contributed by atoms with Crippen LogP contribution in [-0.4, -0.2) is 30.5 Å². The molecule has 3 rings (SSSR count). The van der Waals surface area contributed by atoms with Crippen LogP contribution in [0.4, 0.5) is 4.39 Å². The van der Waals surface area contributed by atoms with Gasteiger partial charge in [-0.15, -0.1) is 24.0 Å². The Morgan fingerprint density at radius 3 is 2.39 bits per heavy atom. The van der Waals surface area contributed by atoms with Gasteiger partial charge in [0.1, 0.15) is 5.82 Å². The van der Waals surface area contributed by atoms with Gasteiger partial charge in [0, 0.05) is 18.5 Å². The lowest BCUT2D eigenvalue weighted by atomic mass is 9.64. The first-order chi connectivity index (χ1) is 10.6. The maximum absolute atomic E-state index is 13.1. The fourth-order valence-electron chi connectivity index (χ4n) is 3.52. The minimum atomic E-state index is -0.177. The predicted octanol–water partition coefficient (Wildman–Crippen LogP) is 3.91. The fourth-order valence-corrected chi connectivity index (χ4v) is 3.52. The average molecular weight is 431 g/mol. The second-order valence-electron chi connectivity index (χ2n) is 6.98. The first kappa shape index (κ1) is 18.5. The molecule has 0 radical (unpaired) electrons. The zero-order chi connectivity index (χ0) is 15.6. The number of piperidine rings is 1. The topological polar surface area (TPSA) is 41.6 Å². The highest BCUT2D eigenvalue weighted by Crippen LogP contribution is 2.44. The van der Waals surface area contributed by atoms with Crippen LogP contribution in [0.5, 0.6) is 0 Å². The second kappa shape index (κ2) is 7.81. The summed E-state index contributed by atoms with van der Waals surface area (Å²) < 4.78 is 13.1. The van der Waals surface area contributed by atoms with Gasteiger partial charge in [0.25, 0.3) is 0 Å². The van der Waals surface area contributed by atoms with Gasteiger partial charge in [-0.25, -0.2) is 4.39 Å². The van der Waals surface area contributed by atoms with E-state index in [0.29, 0.717) is 5.96 Å². The molecule has 23 heavy (non-hydrogen) atoms. The summed E-state index contributed by atoms with van der Waals surface area (Å²) in [7, 11) is 0. The normalized spacial score (nSPS) is 21.5. The number of guanidine groups is 1. The minimum absolute atomic E-state index is 0. The van der Waals surface area contributed by atoms with Crippen molar-refractivity contribution in [2.45, 2.75) is 44.4 Å². The van der Waals surface area contributed by atoms with Crippen LogP contribution in [0.15, 0.2) is 29.3 Å². The standard InChI is InChI=1S/C18H26FN3.HI/c1-14-7-11-22(12-8-14)17(20)21-13-18(9-2-10-18)15-3-5-16(19)6-4-15;/h3-6,14H,2,7-13H2,1H3,(H2,20,21);1H. The molecule has 3 nitrogen and oxygen atoms in total. The van der Waals surface area contributed by atoms with E-state index in [1.165, 1.54) is 24.8 Å². The Morgan fingerprint density at radius 2 is 1.87 bits per heavy atom. The first-order valence-electron chi connectivity index (χ1n) is 8.40. The van der Waals surface area contributed by atoms with Crippen LogP contribution in [0.25, 0.3) is 0 Å². The number of aliphatic imine (C=N–C) groups is 1. The number of hydrogen-bond acceptors (Lipinski definition) is 1. The second-order valence-corrected chi connectivity index (χ2v) is 6.98. The van der Waals surface area contributed by atoms with E-state index < -0.39 is 0 Å². The SMILES string of the molecule is CC1CCN(C(N)=NCC2(c3ccc(F)cc3)CCC2)CC1.I. The molecule has 1 aromatic carbocycles. The lowest BCUT2D eigenvalue weighted by Gasteiger charge is -2.41. The number of hydrogen-bond donors (Lipinski definition) is 1. The van der Waals surface area contributed by atoms with Crippen molar-refractivity contribution in [2.75, 3.05) is 19.6 Å². The smallest absolute Gasteiger partial charge is 0.191 e. The molecular formula is C18H27FIN3. The molecule has 0 bridgehead atoms. The van der Waals surface area contributed by atoms with Crippen LogP contribution in [0.2, 0.25) is 0 Å². The van der Waals surface area contributed by atoms with E-state index in [1.54, 1.807) is 12.1 Å². The van der Waals surface area contributed by atoms with Gasteiger partial charge in [-0.2, -0.15) is 0 Å². The summed E-state index contributed by atoms with van der Waals surface area (Å²) in [6, 6.07) is 6.91. The van der Waals surface area contributed by atoms with E-state index in [4.69, 9.17) is 10.7 Å². The lowest BCUT2D eigenvalue weighted by molar-refractivity contribution is 0.248. The van der Waals surface area contributed by atoms with E-state index in [1.807, 2.05) is 12.1 Å². The third-order valence-corrected chi connectivity index (χ3v) is 5.42. The number of nitrogens with zero attached hydrogens (tertiary/aromatic N) is 2. The fraction of sp³-hybridized carbons (Fsp3) is 0.611. The molecule has 1 heterocycles. The molecule has 0 amide bonds. The molecule has 0 unspecified atom stereocenters. The van der Waals surface area contributed by atoms with Crippen molar-refractivity contribution in [2.24, 2.45) is 16.6 Å². The summed E-state index contributed by atoms with van der Waals surface area (Å²) in [6.07, 6.45) is 5.84. The van der Waals surface area contributed by atoms with Crippen LogP contribution in [0.1, 0.15) is 44.6 Å². The quantitative estimate of drug-likeness (QED) is 0.448. The molecule has 1 saturated heterocycles. The van der Waals surface area contributed by atoms with Gasteiger partial charge >= 0.3 is 0 Å². The number of halogens is 2. The lowest BCUT2D eigenvalue weighted by Crippen LogP contribution is -2.44. The molecule has 0 atom stereocenters. The Kier molecular flexibility index (Phi) is 6.28. The van der Waals surface area contributed by atoms with Crippen molar-refractivity contribution in [3.8, 4) is 0 Å². The van der Waals surface area contributed by atoms with Crippen molar-refractivity contribution in [3.05, 3.63) is 35.6 Å². The Morgan fingerprint density at radius 1 is 1.26 bits per heavy atom. The molecule has 1 saturated carbocycles. The largest absolute Gasteiger partial charge is 0.370 e. The molecule has 2 aliphatic rings. The van der Waals surface area contributed by atoms with Gasteiger partial charge in [-0.05, 0) is 49.3 Å². The molecular weight excluding hydrogens is 404 g/mol. The Bertz CT molecular complexity index is 532. The van der Waals surface area contributed by atoms with E-state index in [-0.39, 0.29) is 35.2 Å². The minimum Gasteiger partial charge on any atom is -0.370 e. The molecule has 2 fully saturated rings. The van der Waals surface area contributed by atoms with Gasteiger partial charge in [0.2, 0.25) is 0 Å². The van der Waals surface area contributed by atoms with Crippen molar-refractivity contribution in [3.63, 3.8) is 0 Å². The Balaban J connectivity index is 0.00000192. The van der Waals surface area contributed by atoms with Gasteiger partial charge in [-0.1, -0.05) is 25.5 Å². The van der Waals surface area contributed by atoms with E-state index >= 15 is 0 Å². The van der Waals surface area contributed by atoms with E-state index in [2.05, 4.69) is 11.8 Å². The van der Waals surface area contributed by atoms with Crippen molar-refractivity contribution < 1.29 is 4.39 Å². The summed E-state index contributed by atoms with van der Waals surface area (Å²) in [5.41, 5.74) is 7.47. The Labute approximate surface area is 155 Å². The highest BCUT2D eigenvalue weighted by Gasteiger charge is 2.38. The highest BCUT2D eigenvalue weighted by molar-refractivity contribution is 14.0. The molecule has 1 aromatic rings. The van der Waals surface area contributed by atoms with Crippen molar-refractivity contribution in [1.29, 1.82) is 0 Å². The molecule has 5 heteroatoms. The molecule has 2 N–H and O–H groups in total. The third-order valence-electron chi connectivity index (χ3n) is 5.42. The molecule has 1 aliphatic heterocycles. The third kappa shape index (κ3) is 4.17. The van der Waals surface area contributed by atoms with Crippen LogP contribution >= 0.6 is 24.0 Å². The number of benzene rings is 1. The average Bonchev–Trinajstić information content (AvgIpc) is 2.48. The first-order valence-corrected chi connectivity index (χ1v) is 8.40. The summed E-state index contributed by atoms with van der Waals surface area (Å²) in [5, 5.41) is 0. The van der Waals surface area contributed by atoms with Crippen molar-refractivity contribution in [1.82, 2.24) is 4.90 Å². The zero-order valence-corrected chi connectivity index (χ0v) is 16.1. The van der Waals surface area contributed by atoms with Gasteiger partial charge in [0.15, 0.2) is 5.96 Å². The number of rotatable bonds is 3. The maximum atomic E-state index is 13.1. The van der Waals surface area contributed by atoms with Gasteiger partial charge < -0.3 is 10.6 Å². The summed E-state index contributed by atoms with van der Waals surface area (Å²) in [4.78, 5) is 6.90. The predicted molar refractivity (Wildman–Crippen MR) is 104 cm³/mol. The van der Waals surface area contributed by atoms with Crippen LogP contribution in [0.3, 0.4) is 0 Å². The van der Waals surface area contributed by atoms with Gasteiger partial charge in [0.05, 0.1) is 6.54 Å². The molecule has 0 aromatic heterocycles. The summed E-state index contributed by atoms with van der Waals surface area (Å²) >= 11 is 0. The van der Waals surface area contributed by atoms with Gasteiger partial charge in [-0.3, -0.25) is 4.99 Å². The van der Waals surface area contributed by atoms with Crippen LogP contribution in [-0.2, 0) is 5.41 Å². The number of nitrogens with two attached hydrogens (primary N) is 1. The van der Waals surface area contributed by atoms with E-state index in [9.17, 15) is 4.39 Å². The summed E-state index contributed by atoms with van der Waals surface area (Å²) in [6.45, 7) is 5.04. The van der Waals surface area contributed by atoms with E-state index in [0.717, 1.165) is 38.4 Å². The monoisotopic (exact) mass is 431 g/mol.